The van der Waals surface area contributed by atoms with E-state index in [4.69, 9.17) is 0 Å². The minimum atomic E-state index is -0.393. The molecule has 0 bridgehead atoms. The fourth-order valence-corrected chi connectivity index (χ4v) is 4.52. The molecule has 3 nitrogen and oxygen atoms in total. The van der Waals surface area contributed by atoms with Gasteiger partial charge in [-0.15, -0.1) is 0 Å². The molecule has 0 heterocycles. The van der Waals surface area contributed by atoms with E-state index in [1.807, 2.05) is 34.6 Å². The van der Waals surface area contributed by atoms with Crippen LogP contribution in [-0.4, -0.2) is 11.7 Å². The molecule has 4 heteroatoms. The predicted molar refractivity (Wildman–Crippen MR) is 130 cm³/mol. The topological polar surface area (TPSA) is 46.2 Å². The van der Waals surface area contributed by atoms with Gasteiger partial charge < -0.3 is 5.32 Å². The molecule has 174 valence electrons. The number of carbonyl (C=O) groups excluding carboxylic acids is 2. The van der Waals surface area contributed by atoms with Crippen LogP contribution in [0.25, 0.3) is 11.1 Å². The molecule has 0 saturated heterocycles. The van der Waals surface area contributed by atoms with Gasteiger partial charge in [0.15, 0.2) is 0 Å². The zero-order valence-electron chi connectivity index (χ0n) is 21.1. The van der Waals surface area contributed by atoms with Crippen molar-refractivity contribution in [1.82, 2.24) is 5.32 Å². The molecule has 0 radical (unpaired) electrons. The number of hydrogen-bond acceptors (Lipinski definition) is 2. The summed E-state index contributed by atoms with van der Waals surface area (Å²) in [5.41, 5.74) is 7.50. The molecule has 2 rings (SSSR count). The summed E-state index contributed by atoms with van der Waals surface area (Å²) in [5, 5.41) is 3.15. The predicted octanol–water partition coefficient (Wildman–Crippen LogP) is 6.85. The molecule has 1 N–H and O–H groups in total. The number of benzene rings is 2. The molecular weight excluding hydrogens is 401 g/mol. The Labute approximate surface area is 192 Å². The van der Waals surface area contributed by atoms with Gasteiger partial charge in [0, 0.05) is 12.3 Å². The fourth-order valence-electron chi connectivity index (χ4n) is 4.52. The number of carbonyl (C=O) groups is 2. The normalized spacial score (nSPS) is 13.2. The average molecular weight is 440 g/mol. The Balaban J connectivity index is 2.59. The van der Waals surface area contributed by atoms with E-state index in [9.17, 15) is 14.0 Å². The Kier molecular flexibility index (Phi) is 8.39. The van der Waals surface area contributed by atoms with Gasteiger partial charge >= 0.3 is 0 Å². The first-order valence-electron chi connectivity index (χ1n) is 11.5. The second kappa shape index (κ2) is 10.4. The second-order valence-electron chi connectivity index (χ2n) is 9.81. The maximum atomic E-state index is 14.3. The summed E-state index contributed by atoms with van der Waals surface area (Å²) in [6.45, 7) is 17.4. The smallest absolute Gasteiger partial charge is 0.223 e. The largest absolute Gasteiger partial charge is 0.349 e. The molecule has 1 amide bonds. The van der Waals surface area contributed by atoms with E-state index in [0.717, 1.165) is 45.4 Å². The van der Waals surface area contributed by atoms with E-state index in [2.05, 4.69) is 31.3 Å². The van der Waals surface area contributed by atoms with Gasteiger partial charge in [0.1, 0.15) is 11.6 Å². The van der Waals surface area contributed by atoms with E-state index < -0.39 is 6.04 Å². The molecule has 0 saturated carbocycles. The Morgan fingerprint density at radius 2 is 1.53 bits per heavy atom. The Hall–Kier alpha value is -2.49. The van der Waals surface area contributed by atoms with E-state index in [-0.39, 0.29) is 29.8 Å². The first-order chi connectivity index (χ1) is 14.8. The lowest BCUT2D eigenvalue weighted by molar-refractivity contribution is -0.126. The Morgan fingerprint density at radius 3 is 2.09 bits per heavy atom. The van der Waals surface area contributed by atoms with Crippen molar-refractivity contribution in [3.8, 4) is 11.1 Å². The van der Waals surface area contributed by atoms with Gasteiger partial charge in [-0.3, -0.25) is 9.59 Å². The maximum Gasteiger partial charge on any atom is 0.223 e. The number of hydrogen-bond donors (Lipinski definition) is 1. The van der Waals surface area contributed by atoms with Crippen LogP contribution in [0.5, 0.6) is 0 Å². The van der Waals surface area contributed by atoms with Gasteiger partial charge in [-0.05, 0) is 111 Å². The molecule has 0 fully saturated rings. The summed E-state index contributed by atoms with van der Waals surface area (Å²) in [7, 11) is 0. The highest BCUT2D eigenvalue weighted by Crippen LogP contribution is 2.35. The van der Waals surface area contributed by atoms with Crippen LogP contribution < -0.4 is 5.32 Å². The SMILES string of the molecule is CC(=O)C[C@H](NC(=O)[C@@H](C)CC(C)C)c1cc(-c2c(C)cc(F)c(C)c2C)cc(C)c1C. The first-order valence-corrected chi connectivity index (χ1v) is 11.5. The molecule has 0 aliphatic heterocycles. The van der Waals surface area contributed by atoms with Crippen molar-refractivity contribution < 1.29 is 14.0 Å². The van der Waals surface area contributed by atoms with Crippen molar-refractivity contribution in [3.63, 3.8) is 0 Å². The average Bonchev–Trinajstić information content (AvgIpc) is 2.67. The Morgan fingerprint density at radius 1 is 0.906 bits per heavy atom. The second-order valence-corrected chi connectivity index (χ2v) is 9.81. The quantitative estimate of drug-likeness (QED) is 0.489. The summed E-state index contributed by atoms with van der Waals surface area (Å²) in [5.74, 6) is 0.0885. The van der Waals surface area contributed by atoms with Crippen LogP contribution in [0.3, 0.4) is 0 Å². The summed E-state index contributed by atoms with van der Waals surface area (Å²) < 4.78 is 14.3. The van der Waals surface area contributed by atoms with Gasteiger partial charge in [-0.2, -0.15) is 0 Å². The summed E-state index contributed by atoms with van der Waals surface area (Å²) in [6, 6.07) is 5.36. The van der Waals surface area contributed by atoms with E-state index >= 15 is 0 Å². The van der Waals surface area contributed by atoms with Crippen LogP contribution >= 0.6 is 0 Å². The highest BCUT2D eigenvalue weighted by Gasteiger charge is 2.24. The number of ketones is 1. The summed E-state index contributed by atoms with van der Waals surface area (Å²) in [6.07, 6.45) is 1.04. The standard InChI is InChI=1S/C28H38FNO2/c1-15(2)10-18(5)28(32)30-26(13-19(6)31)24-14-23(11-16(3)20(24)7)27-17(4)12-25(29)21(8)22(27)9/h11-12,14-15,18,26H,10,13H2,1-9H3,(H,30,32)/t18-,26-/m0/s1. The molecular formula is C28H38FNO2. The van der Waals surface area contributed by atoms with Crippen LogP contribution in [0.1, 0.15) is 80.0 Å². The van der Waals surface area contributed by atoms with Crippen LogP contribution in [0, 0.1) is 52.3 Å². The third-order valence-electron chi connectivity index (χ3n) is 6.49. The van der Waals surface area contributed by atoms with Crippen molar-refractivity contribution in [2.45, 2.75) is 81.2 Å². The van der Waals surface area contributed by atoms with Crippen LogP contribution in [0.4, 0.5) is 4.39 Å². The summed E-state index contributed by atoms with van der Waals surface area (Å²) >= 11 is 0. The monoisotopic (exact) mass is 439 g/mol. The number of Topliss-reactive ketones (excluding diaryl/α,β-unsaturated/α-hetero) is 1. The van der Waals surface area contributed by atoms with Gasteiger partial charge in [0.2, 0.25) is 5.91 Å². The molecule has 0 spiro atoms. The zero-order valence-corrected chi connectivity index (χ0v) is 21.1. The van der Waals surface area contributed by atoms with Crippen molar-refractivity contribution in [2.75, 3.05) is 0 Å². The van der Waals surface area contributed by atoms with Gasteiger partial charge in [0.25, 0.3) is 0 Å². The molecule has 0 aliphatic rings. The number of rotatable bonds is 8. The molecule has 0 aliphatic carbocycles. The molecule has 2 aromatic carbocycles. The zero-order chi connectivity index (χ0) is 24.3. The number of nitrogens with one attached hydrogen (secondary N) is 1. The van der Waals surface area contributed by atoms with Crippen LogP contribution in [-0.2, 0) is 9.59 Å². The Bertz CT molecular complexity index is 1020. The third kappa shape index (κ3) is 5.85. The van der Waals surface area contributed by atoms with E-state index in [1.54, 1.807) is 19.9 Å². The minimum absolute atomic E-state index is 0.0271. The van der Waals surface area contributed by atoms with Crippen molar-refractivity contribution in [1.29, 1.82) is 0 Å². The number of aryl methyl sites for hydroxylation is 2. The highest BCUT2D eigenvalue weighted by molar-refractivity contribution is 5.82. The lowest BCUT2D eigenvalue weighted by Crippen LogP contribution is -2.34. The lowest BCUT2D eigenvalue weighted by atomic mass is 9.86. The lowest BCUT2D eigenvalue weighted by Gasteiger charge is -2.25. The van der Waals surface area contributed by atoms with E-state index in [0.29, 0.717) is 11.5 Å². The van der Waals surface area contributed by atoms with Gasteiger partial charge in [-0.1, -0.05) is 26.8 Å². The number of amides is 1. The van der Waals surface area contributed by atoms with Crippen molar-refractivity contribution in [3.05, 3.63) is 57.4 Å². The van der Waals surface area contributed by atoms with Gasteiger partial charge in [0.05, 0.1) is 6.04 Å². The molecule has 0 aromatic heterocycles. The van der Waals surface area contributed by atoms with Crippen LogP contribution in [0.15, 0.2) is 18.2 Å². The minimum Gasteiger partial charge on any atom is -0.349 e. The fraction of sp³-hybridized carbons (Fsp3) is 0.500. The summed E-state index contributed by atoms with van der Waals surface area (Å²) in [4.78, 5) is 25.0. The molecule has 0 unspecified atom stereocenters. The van der Waals surface area contributed by atoms with Gasteiger partial charge in [-0.25, -0.2) is 4.39 Å². The highest BCUT2D eigenvalue weighted by atomic mass is 19.1. The van der Waals surface area contributed by atoms with Crippen molar-refractivity contribution >= 4 is 11.7 Å². The third-order valence-corrected chi connectivity index (χ3v) is 6.49. The molecule has 2 atom stereocenters. The molecule has 2 aromatic rings. The number of halogens is 1. The van der Waals surface area contributed by atoms with Crippen LogP contribution in [0.2, 0.25) is 0 Å². The molecule has 32 heavy (non-hydrogen) atoms. The maximum absolute atomic E-state index is 14.3. The van der Waals surface area contributed by atoms with E-state index in [1.165, 1.54) is 0 Å². The van der Waals surface area contributed by atoms with Crippen molar-refractivity contribution in [2.24, 2.45) is 11.8 Å². The first kappa shape index (κ1) is 25.8.